The molecule has 1 N–H and O–H groups in total. The van der Waals surface area contributed by atoms with Gasteiger partial charge in [-0.25, -0.2) is 4.79 Å². The summed E-state index contributed by atoms with van der Waals surface area (Å²) < 4.78 is 7.14. The summed E-state index contributed by atoms with van der Waals surface area (Å²) in [6, 6.07) is 1.17. The van der Waals surface area contributed by atoms with Gasteiger partial charge in [-0.3, -0.25) is 19.3 Å². The van der Waals surface area contributed by atoms with Crippen LogP contribution in [0.15, 0.2) is 6.07 Å². The summed E-state index contributed by atoms with van der Waals surface area (Å²) in [5.41, 5.74) is 1.33. The van der Waals surface area contributed by atoms with Gasteiger partial charge in [-0.15, -0.1) is 0 Å². The summed E-state index contributed by atoms with van der Waals surface area (Å²) >= 11 is 0. The van der Waals surface area contributed by atoms with E-state index in [1.165, 1.54) is 0 Å². The molecule has 2 rings (SSSR count). The minimum Gasteiger partial charge on any atom is -0.456 e. The molecule has 0 spiro atoms. The maximum absolute atomic E-state index is 12.5. The average Bonchev–Trinajstić information content (AvgIpc) is 3.05. The van der Waals surface area contributed by atoms with Crippen molar-refractivity contribution in [1.82, 2.24) is 14.8 Å². The second kappa shape index (κ2) is 8.80. The molecule has 1 aliphatic heterocycles. The number of nitrogens with one attached hydrogen (secondary N) is 1. The zero-order valence-electron chi connectivity index (χ0n) is 18.1. The molecule has 1 atom stereocenters. The molecule has 0 aromatic carbocycles. The van der Waals surface area contributed by atoms with Crippen molar-refractivity contribution in [3.05, 3.63) is 23.0 Å². The van der Waals surface area contributed by atoms with Crippen LogP contribution in [-0.4, -0.2) is 51.8 Å². The Bertz CT molecular complexity index is 827. The topological polar surface area (TPSA) is 97.7 Å². The third kappa shape index (κ3) is 4.86. The van der Waals surface area contributed by atoms with Crippen molar-refractivity contribution in [3.63, 3.8) is 0 Å². The number of imide groups is 1. The number of hydrogen-bond acceptors (Lipinski definition) is 5. The second-order valence-electron chi connectivity index (χ2n) is 8.21. The highest BCUT2D eigenvalue weighted by Crippen LogP contribution is 2.21. The van der Waals surface area contributed by atoms with Gasteiger partial charge in [0.2, 0.25) is 5.78 Å². The number of ether oxygens (including phenoxy) is 1. The maximum Gasteiger partial charge on any atom is 0.326 e. The van der Waals surface area contributed by atoms with Crippen LogP contribution in [0.25, 0.3) is 0 Å². The molecule has 1 aromatic rings. The number of urea groups is 1. The minimum atomic E-state index is -1.01. The van der Waals surface area contributed by atoms with Crippen LogP contribution in [-0.2, 0) is 20.9 Å². The van der Waals surface area contributed by atoms with E-state index in [1.54, 1.807) is 19.9 Å². The highest BCUT2D eigenvalue weighted by molar-refractivity contribution is 6.08. The van der Waals surface area contributed by atoms with E-state index in [2.05, 4.69) is 23.7 Å². The Balaban J connectivity index is 1.96. The van der Waals surface area contributed by atoms with Crippen LogP contribution in [0.5, 0.6) is 0 Å². The van der Waals surface area contributed by atoms with Gasteiger partial charge in [0.15, 0.2) is 6.61 Å². The Labute approximate surface area is 171 Å². The zero-order valence-corrected chi connectivity index (χ0v) is 18.1. The number of carbonyl (C=O) groups excluding carboxylic acids is 4. The fourth-order valence-electron chi connectivity index (χ4n) is 3.34. The summed E-state index contributed by atoms with van der Waals surface area (Å²) in [7, 11) is 0. The van der Waals surface area contributed by atoms with Crippen LogP contribution in [0, 0.1) is 19.8 Å². The van der Waals surface area contributed by atoms with Crippen LogP contribution in [0.4, 0.5) is 4.79 Å². The van der Waals surface area contributed by atoms with E-state index in [0.717, 1.165) is 29.3 Å². The molecule has 1 aliphatic rings. The maximum atomic E-state index is 12.5. The highest BCUT2D eigenvalue weighted by atomic mass is 16.5. The molecule has 0 aliphatic carbocycles. The predicted octanol–water partition coefficient (Wildman–Crippen LogP) is 2.60. The van der Waals surface area contributed by atoms with Gasteiger partial charge < -0.3 is 14.6 Å². The smallest absolute Gasteiger partial charge is 0.326 e. The first-order chi connectivity index (χ1) is 13.5. The van der Waals surface area contributed by atoms with Crippen molar-refractivity contribution >= 4 is 23.7 Å². The molecule has 0 bridgehead atoms. The largest absolute Gasteiger partial charge is 0.456 e. The fourth-order valence-corrected chi connectivity index (χ4v) is 3.34. The molecule has 1 fully saturated rings. The number of Topliss-reactive ketones (excluding diaryl/α,β-unsaturated/α-hetero) is 1. The predicted molar refractivity (Wildman–Crippen MR) is 108 cm³/mol. The van der Waals surface area contributed by atoms with Gasteiger partial charge in [0.1, 0.15) is 12.1 Å². The number of ketones is 1. The normalized spacial score (nSPS) is 19.1. The molecule has 1 aromatic heterocycles. The molecular weight excluding hydrogens is 374 g/mol. The Morgan fingerprint density at radius 3 is 2.45 bits per heavy atom. The van der Waals surface area contributed by atoms with Gasteiger partial charge in [0, 0.05) is 23.5 Å². The van der Waals surface area contributed by atoms with Crippen molar-refractivity contribution in [3.8, 4) is 0 Å². The molecule has 3 amide bonds. The number of carbonyl (C=O) groups is 4. The quantitative estimate of drug-likeness (QED) is 0.387. The number of rotatable bonds is 9. The fraction of sp³-hybridized carbons (Fsp3) is 0.619. The lowest BCUT2D eigenvalue weighted by atomic mass is 9.99. The summed E-state index contributed by atoms with van der Waals surface area (Å²) in [5, 5.41) is 2.57. The zero-order chi connectivity index (χ0) is 21.9. The van der Waals surface area contributed by atoms with Crippen LogP contribution < -0.4 is 5.32 Å². The monoisotopic (exact) mass is 405 g/mol. The standard InChI is InChI=1S/C21H31N3O5/c1-7-21(6)19(27)24(20(28)22-21)11-18(26)29-12-17(25)16-10-14(4)23(15(16)5)9-8-13(2)3/h10,13H,7-9,11-12H2,1-6H3,(H,22,28). The molecule has 2 heterocycles. The van der Waals surface area contributed by atoms with E-state index in [0.29, 0.717) is 17.9 Å². The number of esters is 1. The van der Waals surface area contributed by atoms with Gasteiger partial charge >= 0.3 is 12.0 Å². The van der Waals surface area contributed by atoms with Gasteiger partial charge in [0.25, 0.3) is 5.91 Å². The van der Waals surface area contributed by atoms with E-state index >= 15 is 0 Å². The van der Waals surface area contributed by atoms with Gasteiger partial charge in [-0.2, -0.15) is 0 Å². The third-order valence-corrected chi connectivity index (χ3v) is 5.51. The molecule has 1 saturated heterocycles. The molecule has 160 valence electrons. The lowest BCUT2D eigenvalue weighted by molar-refractivity contribution is -0.146. The molecule has 0 radical (unpaired) electrons. The first-order valence-corrected chi connectivity index (χ1v) is 9.99. The lowest BCUT2D eigenvalue weighted by Gasteiger charge is -2.18. The summed E-state index contributed by atoms with van der Waals surface area (Å²) in [4.78, 5) is 49.8. The Kier molecular flexibility index (Phi) is 6.87. The van der Waals surface area contributed by atoms with Crippen molar-refractivity contribution < 1.29 is 23.9 Å². The highest BCUT2D eigenvalue weighted by Gasteiger charge is 2.47. The summed E-state index contributed by atoms with van der Waals surface area (Å²) in [6.45, 7) is 11.4. The van der Waals surface area contributed by atoms with E-state index < -0.39 is 36.6 Å². The van der Waals surface area contributed by atoms with Crippen LogP contribution in [0.2, 0.25) is 0 Å². The number of hydrogen-bond donors (Lipinski definition) is 1. The molecular formula is C21H31N3O5. The van der Waals surface area contributed by atoms with Gasteiger partial charge in [0.05, 0.1) is 0 Å². The number of aromatic nitrogens is 1. The number of aryl methyl sites for hydroxylation is 1. The molecule has 8 nitrogen and oxygen atoms in total. The second-order valence-corrected chi connectivity index (χ2v) is 8.21. The summed E-state index contributed by atoms with van der Waals surface area (Å²) in [5.74, 6) is -1.02. The van der Waals surface area contributed by atoms with E-state index in [4.69, 9.17) is 4.74 Å². The minimum absolute atomic E-state index is 0.308. The molecule has 0 saturated carbocycles. The van der Waals surface area contributed by atoms with Crippen molar-refractivity contribution in [2.24, 2.45) is 5.92 Å². The Hall–Kier alpha value is -2.64. The first kappa shape index (κ1) is 22.6. The van der Waals surface area contributed by atoms with Crippen molar-refractivity contribution in [2.45, 2.75) is 66.5 Å². The van der Waals surface area contributed by atoms with Crippen molar-refractivity contribution in [2.75, 3.05) is 13.2 Å². The molecule has 8 heteroatoms. The van der Waals surface area contributed by atoms with Gasteiger partial charge in [-0.1, -0.05) is 20.8 Å². The van der Waals surface area contributed by atoms with Crippen molar-refractivity contribution in [1.29, 1.82) is 0 Å². The lowest BCUT2D eigenvalue weighted by Crippen LogP contribution is -2.43. The third-order valence-electron chi connectivity index (χ3n) is 5.51. The van der Waals surface area contributed by atoms with E-state index in [1.807, 2.05) is 13.8 Å². The van der Waals surface area contributed by atoms with Crippen LogP contribution >= 0.6 is 0 Å². The Morgan fingerprint density at radius 1 is 1.24 bits per heavy atom. The van der Waals surface area contributed by atoms with Crippen LogP contribution in [0.1, 0.15) is 62.3 Å². The molecule has 29 heavy (non-hydrogen) atoms. The van der Waals surface area contributed by atoms with Crippen LogP contribution in [0.3, 0.4) is 0 Å². The SMILES string of the molecule is CCC1(C)NC(=O)N(CC(=O)OCC(=O)c2cc(C)n(CCC(C)C)c2C)C1=O. The Morgan fingerprint density at radius 2 is 1.90 bits per heavy atom. The van der Waals surface area contributed by atoms with E-state index in [9.17, 15) is 19.2 Å². The van der Waals surface area contributed by atoms with E-state index in [-0.39, 0.29) is 5.78 Å². The molecule has 1 unspecified atom stereocenters. The van der Waals surface area contributed by atoms with Gasteiger partial charge in [-0.05, 0) is 45.6 Å². The summed E-state index contributed by atoms with van der Waals surface area (Å²) in [6.07, 6.45) is 1.41. The number of nitrogens with zero attached hydrogens (tertiary/aromatic N) is 2. The number of amides is 3. The first-order valence-electron chi connectivity index (χ1n) is 9.99. The average molecular weight is 405 g/mol.